The van der Waals surface area contributed by atoms with Crippen molar-refractivity contribution < 1.29 is 22.8 Å². The smallest absolute Gasteiger partial charge is 0.325 e. The lowest BCUT2D eigenvalue weighted by atomic mass is 10.0. The number of aryl methyl sites for hydroxylation is 1. The van der Waals surface area contributed by atoms with Gasteiger partial charge in [-0.1, -0.05) is 12.1 Å². The van der Waals surface area contributed by atoms with Crippen LogP contribution >= 0.6 is 0 Å². The predicted molar refractivity (Wildman–Crippen MR) is 81.6 cm³/mol. The van der Waals surface area contributed by atoms with Crippen molar-refractivity contribution >= 4 is 23.5 Å². The van der Waals surface area contributed by atoms with E-state index in [9.17, 15) is 22.8 Å². The first-order valence-corrected chi connectivity index (χ1v) is 7.42. The summed E-state index contributed by atoms with van der Waals surface area (Å²) in [4.78, 5) is 28.2. The Labute approximate surface area is 140 Å². The van der Waals surface area contributed by atoms with E-state index in [1.165, 1.54) is 22.9 Å². The van der Waals surface area contributed by atoms with Gasteiger partial charge in [-0.25, -0.2) is 4.68 Å². The van der Waals surface area contributed by atoms with E-state index < -0.39 is 29.5 Å². The third-order valence-electron chi connectivity index (χ3n) is 3.72. The molecule has 1 aromatic heterocycles. The van der Waals surface area contributed by atoms with Crippen LogP contribution in [-0.4, -0.2) is 26.6 Å². The summed E-state index contributed by atoms with van der Waals surface area (Å²) in [6.45, 7) is 1.80. The van der Waals surface area contributed by atoms with E-state index in [0.717, 1.165) is 6.07 Å². The topological polar surface area (TPSA) is 88.9 Å². The second-order valence-corrected chi connectivity index (χ2v) is 5.65. The number of benzene rings is 1. The molecular weight excluding hydrogens is 339 g/mol. The van der Waals surface area contributed by atoms with Gasteiger partial charge >= 0.3 is 6.18 Å². The first kappa shape index (κ1) is 16.9. The highest BCUT2D eigenvalue weighted by molar-refractivity contribution is 5.98. The molecule has 25 heavy (non-hydrogen) atoms. The number of aromatic nitrogens is 3. The van der Waals surface area contributed by atoms with Gasteiger partial charge < -0.3 is 5.32 Å². The fourth-order valence-electron chi connectivity index (χ4n) is 2.60. The van der Waals surface area contributed by atoms with Crippen molar-refractivity contribution in [2.45, 2.75) is 26.1 Å². The van der Waals surface area contributed by atoms with Crippen LogP contribution in [0.1, 0.15) is 17.8 Å². The molecule has 2 N–H and O–H groups in total. The molecule has 0 bridgehead atoms. The molecule has 0 spiro atoms. The largest absolute Gasteiger partial charge is 0.418 e. The lowest BCUT2D eigenvalue weighted by Gasteiger charge is -2.22. The van der Waals surface area contributed by atoms with Gasteiger partial charge in [-0.2, -0.15) is 23.3 Å². The number of fused-ring (bicyclic) bond motifs is 1. The standard InChI is InChI=1S/C15H14F3N5O2/c1-8-19-14-21-13(25)9(7-23(14)22-8)6-12(24)20-11-5-3-2-4-10(11)15(16,17)18/h2-5,9H,6-7H2,1H3,(H,20,24)(H,19,21,22,25). The molecule has 0 radical (unpaired) electrons. The van der Waals surface area contributed by atoms with Crippen LogP contribution in [0.5, 0.6) is 0 Å². The van der Waals surface area contributed by atoms with Crippen molar-refractivity contribution in [3.05, 3.63) is 35.7 Å². The summed E-state index contributed by atoms with van der Waals surface area (Å²) in [7, 11) is 0. The Bertz CT molecular complexity index is 831. The second-order valence-electron chi connectivity index (χ2n) is 5.65. The van der Waals surface area contributed by atoms with Crippen molar-refractivity contribution in [1.82, 2.24) is 14.8 Å². The third kappa shape index (κ3) is 3.62. The van der Waals surface area contributed by atoms with E-state index in [4.69, 9.17) is 0 Å². The minimum atomic E-state index is -4.58. The highest BCUT2D eigenvalue weighted by Crippen LogP contribution is 2.34. The number of carbonyl (C=O) groups is 2. The van der Waals surface area contributed by atoms with Crippen LogP contribution in [0.25, 0.3) is 0 Å². The van der Waals surface area contributed by atoms with Gasteiger partial charge in [0, 0.05) is 6.42 Å². The van der Waals surface area contributed by atoms with Crippen LogP contribution in [0.3, 0.4) is 0 Å². The molecule has 10 heteroatoms. The molecular formula is C15H14F3N5O2. The molecule has 2 amide bonds. The summed E-state index contributed by atoms with van der Waals surface area (Å²) in [5.74, 6) is -1.08. The molecule has 2 heterocycles. The van der Waals surface area contributed by atoms with Crippen LogP contribution in [-0.2, 0) is 22.3 Å². The van der Waals surface area contributed by atoms with E-state index in [1.54, 1.807) is 6.92 Å². The van der Waals surface area contributed by atoms with E-state index >= 15 is 0 Å². The molecule has 0 saturated heterocycles. The van der Waals surface area contributed by atoms with E-state index in [2.05, 4.69) is 20.7 Å². The van der Waals surface area contributed by atoms with Gasteiger partial charge in [0.1, 0.15) is 5.82 Å². The zero-order valence-electron chi connectivity index (χ0n) is 13.1. The highest BCUT2D eigenvalue weighted by Gasteiger charge is 2.34. The predicted octanol–water partition coefficient (Wildman–Crippen LogP) is 2.20. The maximum Gasteiger partial charge on any atom is 0.418 e. The number of alkyl halides is 3. The van der Waals surface area contributed by atoms with Gasteiger partial charge in [0.25, 0.3) is 0 Å². The summed E-state index contributed by atoms with van der Waals surface area (Å²) in [5, 5.41) is 8.84. The first-order chi connectivity index (χ1) is 11.7. The summed E-state index contributed by atoms with van der Waals surface area (Å²) < 4.78 is 40.3. The number of anilines is 2. The van der Waals surface area contributed by atoms with Crippen molar-refractivity contribution in [2.24, 2.45) is 5.92 Å². The molecule has 2 aromatic rings. The average molecular weight is 353 g/mol. The molecule has 7 nitrogen and oxygen atoms in total. The monoisotopic (exact) mass is 353 g/mol. The zero-order valence-corrected chi connectivity index (χ0v) is 13.1. The summed E-state index contributed by atoms with van der Waals surface area (Å²) in [6.07, 6.45) is -4.85. The minimum absolute atomic E-state index is 0.135. The number of hydrogen-bond donors (Lipinski definition) is 2. The third-order valence-corrected chi connectivity index (χ3v) is 3.72. The van der Waals surface area contributed by atoms with Crippen molar-refractivity contribution in [2.75, 3.05) is 10.6 Å². The zero-order chi connectivity index (χ0) is 18.2. The number of nitrogens with zero attached hydrogens (tertiary/aromatic N) is 3. The molecule has 1 aromatic carbocycles. The Morgan fingerprint density at radius 2 is 2.12 bits per heavy atom. The summed E-state index contributed by atoms with van der Waals surface area (Å²) in [5.41, 5.74) is -1.28. The number of nitrogens with one attached hydrogen (secondary N) is 2. The molecule has 132 valence electrons. The van der Waals surface area contributed by atoms with Gasteiger partial charge in [0.05, 0.1) is 23.7 Å². The average Bonchev–Trinajstić information content (AvgIpc) is 2.86. The van der Waals surface area contributed by atoms with E-state index in [-0.39, 0.29) is 18.7 Å². The fourth-order valence-corrected chi connectivity index (χ4v) is 2.60. The van der Waals surface area contributed by atoms with Crippen LogP contribution in [0, 0.1) is 12.8 Å². The van der Waals surface area contributed by atoms with Gasteiger partial charge in [0.15, 0.2) is 0 Å². The number of rotatable bonds is 3. The number of amides is 2. The SMILES string of the molecule is Cc1nc2n(n1)CC(CC(=O)Nc1ccccc1C(F)(F)F)C(=O)N2. The maximum absolute atomic E-state index is 13.0. The number of halogens is 3. The van der Waals surface area contributed by atoms with Gasteiger partial charge in [0.2, 0.25) is 17.8 Å². The molecule has 0 fully saturated rings. The van der Waals surface area contributed by atoms with Crippen LogP contribution < -0.4 is 10.6 Å². The Hall–Kier alpha value is -2.91. The molecule has 0 saturated carbocycles. The quantitative estimate of drug-likeness (QED) is 0.885. The lowest BCUT2D eigenvalue weighted by molar-refractivity contribution is -0.137. The number of hydrogen-bond acceptors (Lipinski definition) is 4. The van der Waals surface area contributed by atoms with Gasteiger partial charge in [-0.15, -0.1) is 0 Å². The fraction of sp³-hybridized carbons (Fsp3) is 0.333. The Morgan fingerprint density at radius 3 is 2.84 bits per heavy atom. The maximum atomic E-state index is 13.0. The first-order valence-electron chi connectivity index (χ1n) is 7.42. The van der Waals surface area contributed by atoms with Crippen molar-refractivity contribution in [3.8, 4) is 0 Å². The van der Waals surface area contributed by atoms with Gasteiger partial charge in [-0.3, -0.25) is 14.9 Å². The summed E-state index contributed by atoms with van der Waals surface area (Å²) >= 11 is 0. The lowest BCUT2D eigenvalue weighted by Crippen LogP contribution is -2.36. The molecule has 1 unspecified atom stereocenters. The van der Waals surface area contributed by atoms with Crippen molar-refractivity contribution in [1.29, 1.82) is 0 Å². The molecule has 1 atom stereocenters. The van der Waals surface area contributed by atoms with Crippen molar-refractivity contribution in [3.63, 3.8) is 0 Å². The number of carbonyl (C=O) groups excluding carboxylic acids is 2. The molecule has 1 aliphatic heterocycles. The van der Waals surface area contributed by atoms with Crippen LogP contribution in [0.4, 0.5) is 24.8 Å². The van der Waals surface area contributed by atoms with E-state index in [0.29, 0.717) is 11.8 Å². The Kier molecular flexibility index (Phi) is 4.19. The molecule has 1 aliphatic rings. The molecule has 0 aliphatic carbocycles. The number of para-hydroxylation sites is 1. The Morgan fingerprint density at radius 1 is 1.40 bits per heavy atom. The van der Waals surface area contributed by atoms with Crippen LogP contribution in [0.2, 0.25) is 0 Å². The van der Waals surface area contributed by atoms with Gasteiger partial charge in [-0.05, 0) is 19.1 Å². The van der Waals surface area contributed by atoms with Crippen LogP contribution in [0.15, 0.2) is 24.3 Å². The normalized spacial score (nSPS) is 17.0. The minimum Gasteiger partial charge on any atom is -0.325 e. The second kappa shape index (κ2) is 6.19. The van der Waals surface area contributed by atoms with E-state index in [1.807, 2.05) is 0 Å². The summed E-state index contributed by atoms with van der Waals surface area (Å²) in [6, 6.07) is 4.68. The Balaban J connectivity index is 1.71. The highest BCUT2D eigenvalue weighted by atomic mass is 19.4. The molecule has 3 rings (SSSR count).